The van der Waals surface area contributed by atoms with E-state index in [0.29, 0.717) is 13.2 Å². The van der Waals surface area contributed by atoms with Crippen LogP contribution < -0.4 is 0 Å². The van der Waals surface area contributed by atoms with Crippen LogP contribution in [0.25, 0.3) is 0 Å². The normalized spacial score (nSPS) is 16.6. The quantitative estimate of drug-likeness (QED) is 0.605. The van der Waals surface area contributed by atoms with Crippen molar-refractivity contribution < 1.29 is 14.3 Å². The average molecular weight is 274 g/mol. The molecule has 0 N–H and O–H groups in total. The van der Waals surface area contributed by atoms with Crippen molar-refractivity contribution in [3.63, 3.8) is 0 Å². The minimum atomic E-state index is -0.294. The van der Waals surface area contributed by atoms with Crippen LogP contribution in [0.5, 0.6) is 0 Å². The van der Waals surface area contributed by atoms with Crippen LogP contribution in [0.15, 0.2) is 0 Å². The van der Waals surface area contributed by atoms with Crippen LogP contribution >= 0.6 is 11.8 Å². The molecule has 0 aromatic heterocycles. The highest BCUT2D eigenvalue weighted by Gasteiger charge is 2.27. The predicted octanol–water partition coefficient (Wildman–Crippen LogP) is 3.13. The Hall–Kier alpha value is -0.0600. The Labute approximate surface area is 115 Å². The molecule has 0 atom stereocenters. The summed E-state index contributed by atoms with van der Waals surface area (Å²) >= 11 is 1.37. The summed E-state index contributed by atoms with van der Waals surface area (Å²) in [5.41, 5.74) is -0.294. The molecule has 0 aliphatic heterocycles. The number of methoxy groups -OCH3 is 1. The number of carbonyl (C=O) groups is 1. The summed E-state index contributed by atoms with van der Waals surface area (Å²) in [4.78, 5) is 12.0. The second-order valence-electron chi connectivity index (χ2n) is 5.63. The molecule has 1 rings (SSSR count). The van der Waals surface area contributed by atoms with E-state index in [1.165, 1.54) is 31.0 Å². The fourth-order valence-electron chi connectivity index (χ4n) is 1.75. The molecule has 106 valence electrons. The maximum absolute atomic E-state index is 12.0. The summed E-state index contributed by atoms with van der Waals surface area (Å²) in [5, 5.41) is 0.242. The Balaban J connectivity index is 2.10. The zero-order chi connectivity index (χ0) is 13.4. The van der Waals surface area contributed by atoms with E-state index in [4.69, 9.17) is 9.47 Å². The van der Waals surface area contributed by atoms with Gasteiger partial charge in [-0.05, 0) is 25.2 Å². The van der Waals surface area contributed by atoms with Crippen LogP contribution in [0.1, 0.15) is 39.5 Å². The van der Waals surface area contributed by atoms with Crippen molar-refractivity contribution in [1.29, 1.82) is 0 Å². The molecule has 0 aromatic rings. The van der Waals surface area contributed by atoms with Gasteiger partial charge in [-0.1, -0.05) is 32.0 Å². The lowest BCUT2D eigenvalue weighted by molar-refractivity contribution is -0.119. The molecule has 0 unspecified atom stereocenters. The van der Waals surface area contributed by atoms with Crippen molar-refractivity contribution in [3.05, 3.63) is 0 Å². The molecule has 18 heavy (non-hydrogen) atoms. The summed E-state index contributed by atoms with van der Waals surface area (Å²) in [6.45, 7) is 6.20. The van der Waals surface area contributed by atoms with E-state index >= 15 is 0 Å². The number of ether oxygens (including phenoxy) is 2. The minimum absolute atomic E-state index is 0.242. The van der Waals surface area contributed by atoms with Crippen molar-refractivity contribution in [1.82, 2.24) is 0 Å². The highest BCUT2D eigenvalue weighted by Crippen LogP contribution is 2.29. The number of hydrogen-bond acceptors (Lipinski definition) is 4. The van der Waals surface area contributed by atoms with Gasteiger partial charge in [0.1, 0.15) is 0 Å². The highest BCUT2D eigenvalue weighted by atomic mass is 32.2. The fourth-order valence-corrected chi connectivity index (χ4v) is 2.68. The third-order valence-electron chi connectivity index (χ3n) is 3.52. The lowest BCUT2D eigenvalue weighted by Crippen LogP contribution is -2.25. The van der Waals surface area contributed by atoms with Crippen LogP contribution in [-0.4, -0.2) is 37.8 Å². The van der Waals surface area contributed by atoms with Crippen molar-refractivity contribution in [3.8, 4) is 0 Å². The molecule has 3 nitrogen and oxygen atoms in total. The second-order valence-corrected chi connectivity index (χ2v) is 6.70. The Kier molecular flexibility index (Phi) is 7.27. The van der Waals surface area contributed by atoms with Crippen molar-refractivity contribution in [2.45, 2.75) is 39.5 Å². The minimum Gasteiger partial charge on any atom is -0.384 e. The molecule has 0 spiro atoms. The first-order valence-electron chi connectivity index (χ1n) is 6.80. The lowest BCUT2D eigenvalue weighted by atomic mass is 9.86. The third-order valence-corrected chi connectivity index (χ3v) is 4.71. The molecule has 0 bridgehead atoms. The summed E-state index contributed by atoms with van der Waals surface area (Å²) < 4.78 is 10.6. The van der Waals surface area contributed by atoms with E-state index in [-0.39, 0.29) is 10.5 Å². The molecule has 1 saturated carbocycles. The fraction of sp³-hybridized carbons (Fsp3) is 0.929. The topological polar surface area (TPSA) is 35.5 Å². The first kappa shape index (κ1) is 16.0. The molecule has 1 fully saturated rings. The van der Waals surface area contributed by atoms with E-state index < -0.39 is 0 Å². The van der Waals surface area contributed by atoms with Gasteiger partial charge >= 0.3 is 0 Å². The van der Waals surface area contributed by atoms with Gasteiger partial charge in [0.15, 0.2) is 5.12 Å². The zero-order valence-electron chi connectivity index (χ0n) is 11.9. The molecule has 1 aliphatic carbocycles. The first-order valence-corrected chi connectivity index (χ1v) is 7.79. The molecule has 1 aliphatic rings. The van der Waals surface area contributed by atoms with Gasteiger partial charge in [0.05, 0.1) is 6.61 Å². The number of thioether (sulfide) groups is 1. The van der Waals surface area contributed by atoms with Gasteiger partial charge in [0, 0.05) is 31.5 Å². The summed E-state index contributed by atoms with van der Waals surface area (Å²) in [6.07, 6.45) is 4.79. The van der Waals surface area contributed by atoms with Crippen LogP contribution in [0, 0.1) is 11.3 Å². The standard InChI is InChI=1S/C14H26O3S/c1-14(2,13(15)18-10-9-16-3)7-8-17-11-12-5-4-6-12/h12H,4-11H2,1-3H3. The van der Waals surface area contributed by atoms with Gasteiger partial charge in [-0.15, -0.1) is 0 Å². The van der Waals surface area contributed by atoms with Gasteiger partial charge < -0.3 is 9.47 Å². The van der Waals surface area contributed by atoms with E-state index in [9.17, 15) is 4.79 Å². The molecule has 0 saturated heterocycles. The predicted molar refractivity (Wildman–Crippen MR) is 75.9 cm³/mol. The van der Waals surface area contributed by atoms with Crippen LogP contribution in [0.3, 0.4) is 0 Å². The molecular weight excluding hydrogens is 248 g/mol. The lowest BCUT2D eigenvalue weighted by Gasteiger charge is -2.26. The van der Waals surface area contributed by atoms with Gasteiger partial charge in [-0.3, -0.25) is 4.79 Å². The van der Waals surface area contributed by atoms with Crippen molar-refractivity contribution >= 4 is 16.9 Å². The van der Waals surface area contributed by atoms with Gasteiger partial charge in [0.25, 0.3) is 0 Å². The van der Waals surface area contributed by atoms with E-state index in [0.717, 1.165) is 24.7 Å². The maximum atomic E-state index is 12.0. The number of hydrogen-bond donors (Lipinski definition) is 0. The van der Waals surface area contributed by atoms with Crippen LogP contribution in [-0.2, 0) is 14.3 Å². The molecule has 0 heterocycles. The summed E-state index contributed by atoms with van der Waals surface area (Å²) in [6, 6.07) is 0. The molecule has 4 heteroatoms. The highest BCUT2D eigenvalue weighted by molar-refractivity contribution is 8.13. The van der Waals surface area contributed by atoms with Crippen LogP contribution in [0.4, 0.5) is 0 Å². The SMILES string of the molecule is COCCSC(=O)C(C)(C)CCOCC1CCC1. The first-order chi connectivity index (χ1) is 8.56. The Morgan fingerprint density at radius 1 is 1.33 bits per heavy atom. The van der Waals surface area contributed by atoms with Gasteiger partial charge in [-0.25, -0.2) is 0 Å². The molecule has 0 radical (unpaired) electrons. The summed E-state index contributed by atoms with van der Waals surface area (Å²) in [5.74, 6) is 1.52. The van der Waals surface area contributed by atoms with Crippen molar-refractivity contribution in [2.75, 3.05) is 32.7 Å². The van der Waals surface area contributed by atoms with E-state index in [1.807, 2.05) is 13.8 Å². The summed E-state index contributed by atoms with van der Waals surface area (Å²) in [7, 11) is 1.66. The van der Waals surface area contributed by atoms with E-state index in [1.54, 1.807) is 7.11 Å². The van der Waals surface area contributed by atoms with Crippen molar-refractivity contribution in [2.24, 2.45) is 11.3 Å². The monoisotopic (exact) mass is 274 g/mol. The molecule has 0 amide bonds. The van der Waals surface area contributed by atoms with Crippen LogP contribution in [0.2, 0.25) is 0 Å². The van der Waals surface area contributed by atoms with Gasteiger partial charge in [-0.2, -0.15) is 0 Å². The van der Waals surface area contributed by atoms with E-state index in [2.05, 4.69) is 0 Å². The number of carbonyl (C=O) groups excluding carboxylic acids is 1. The average Bonchev–Trinajstić information content (AvgIpc) is 2.26. The Bertz CT molecular complexity index is 249. The second kappa shape index (κ2) is 8.18. The molecule has 0 aromatic carbocycles. The third kappa shape index (κ3) is 5.72. The Morgan fingerprint density at radius 2 is 2.06 bits per heavy atom. The zero-order valence-corrected chi connectivity index (χ0v) is 12.7. The van der Waals surface area contributed by atoms with Gasteiger partial charge in [0.2, 0.25) is 0 Å². The number of rotatable bonds is 9. The largest absolute Gasteiger partial charge is 0.384 e. The molecular formula is C14H26O3S. The Morgan fingerprint density at radius 3 is 2.61 bits per heavy atom. The maximum Gasteiger partial charge on any atom is 0.194 e. The smallest absolute Gasteiger partial charge is 0.194 e.